The lowest BCUT2D eigenvalue weighted by Gasteiger charge is -2.34. The zero-order valence-corrected chi connectivity index (χ0v) is 10.8. The van der Waals surface area contributed by atoms with Crippen LogP contribution in [-0.2, 0) is 11.3 Å². The summed E-state index contributed by atoms with van der Waals surface area (Å²) < 4.78 is 19.8. The molecule has 2 bridgehead atoms. The number of benzene rings is 1. The van der Waals surface area contributed by atoms with Crippen molar-refractivity contribution in [2.24, 2.45) is 0 Å². The van der Waals surface area contributed by atoms with Crippen LogP contribution in [0.2, 0.25) is 0 Å². The third kappa shape index (κ3) is 2.32. The lowest BCUT2D eigenvalue weighted by Crippen LogP contribution is -2.43. The van der Waals surface area contributed by atoms with E-state index < -0.39 is 0 Å². The molecule has 2 aliphatic rings. The predicted octanol–water partition coefficient (Wildman–Crippen LogP) is 2.44. The van der Waals surface area contributed by atoms with Gasteiger partial charge in [-0.1, -0.05) is 6.07 Å². The van der Waals surface area contributed by atoms with Crippen LogP contribution < -0.4 is 9.74 Å². The van der Waals surface area contributed by atoms with Gasteiger partial charge in [0.05, 0.1) is 17.9 Å². The van der Waals surface area contributed by atoms with E-state index in [0.29, 0.717) is 12.2 Å². The molecular weight excluding hydrogens is 255 g/mol. The van der Waals surface area contributed by atoms with Crippen molar-refractivity contribution in [3.63, 3.8) is 0 Å². The molecule has 98 valence electrons. The highest BCUT2D eigenvalue weighted by atomic mass is 35.5. The summed E-state index contributed by atoms with van der Waals surface area (Å²) in [6.45, 7) is 2.05. The molecule has 1 N–H and O–H groups in total. The van der Waals surface area contributed by atoms with Crippen molar-refractivity contribution >= 4 is 17.5 Å². The molecule has 0 spiro atoms. The Bertz CT molecular complexity index is 431. The molecule has 3 rings (SSSR count). The van der Waals surface area contributed by atoms with Crippen LogP contribution in [0.25, 0.3) is 0 Å². The SMILES string of the molecule is Fc1cc(CNCl)ccc1N1CC2CCC(C1)O2. The van der Waals surface area contributed by atoms with Gasteiger partial charge in [-0.2, -0.15) is 0 Å². The Morgan fingerprint density at radius 3 is 2.67 bits per heavy atom. The molecule has 2 saturated heterocycles. The summed E-state index contributed by atoms with van der Waals surface area (Å²) in [6, 6.07) is 5.29. The zero-order chi connectivity index (χ0) is 12.5. The molecule has 0 radical (unpaired) electrons. The van der Waals surface area contributed by atoms with Crippen LogP contribution in [0.1, 0.15) is 18.4 Å². The summed E-state index contributed by atoms with van der Waals surface area (Å²) in [5.74, 6) is -0.180. The number of fused-ring (bicyclic) bond motifs is 2. The van der Waals surface area contributed by atoms with Crippen LogP contribution in [-0.4, -0.2) is 25.3 Å². The summed E-state index contributed by atoms with van der Waals surface area (Å²) in [7, 11) is 0. The van der Waals surface area contributed by atoms with E-state index >= 15 is 0 Å². The second-order valence-electron chi connectivity index (χ2n) is 4.96. The first-order valence-corrected chi connectivity index (χ1v) is 6.66. The Morgan fingerprint density at radius 1 is 1.33 bits per heavy atom. The molecule has 0 saturated carbocycles. The molecule has 0 aromatic heterocycles. The fourth-order valence-electron chi connectivity index (χ4n) is 2.81. The summed E-state index contributed by atoms with van der Waals surface area (Å²) in [4.78, 5) is 4.60. The maximum Gasteiger partial charge on any atom is 0.146 e. The van der Waals surface area contributed by atoms with Gasteiger partial charge in [0.2, 0.25) is 0 Å². The van der Waals surface area contributed by atoms with Gasteiger partial charge in [-0.25, -0.2) is 9.23 Å². The van der Waals surface area contributed by atoms with Crippen molar-refractivity contribution in [3.8, 4) is 0 Å². The van der Waals surface area contributed by atoms with Crippen molar-refractivity contribution in [1.29, 1.82) is 0 Å². The lowest BCUT2D eigenvalue weighted by atomic mass is 10.1. The molecule has 2 fully saturated rings. The monoisotopic (exact) mass is 270 g/mol. The van der Waals surface area contributed by atoms with Gasteiger partial charge >= 0.3 is 0 Å². The molecular formula is C13H16ClFN2O. The number of nitrogens with one attached hydrogen (secondary N) is 1. The Labute approximate surface area is 111 Å². The molecule has 2 aliphatic heterocycles. The third-order valence-electron chi connectivity index (χ3n) is 3.67. The van der Waals surface area contributed by atoms with Crippen LogP contribution in [0.4, 0.5) is 10.1 Å². The molecule has 2 unspecified atom stereocenters. The summed E-state index contributed by atoms with van der Waals surface area (Å²) in [5, 5.41) is 0. The van der Waals surface area contributed by atoms with Gasteiger partial charge < -0.3 is 9.64 Å². The van der Waals surface area contributed by atoms with Crippen molar-refractivity contribution in [3.05, 3.63) is 29.6 Å². The Kier molecular flexibility index (Phi) is 3.41. The summed E-state index contributed by atoms with van der Waals surface area (Å²) in [5.41, 5.74) is 1.52. The molecule has 2 heterocycles. The van der Waals surface area contributed by atoms with E-state index in [2.05, 4.69) is 9.74 Å². The quantitative estimate of drug-likeness (QED) is 0.854. The number of halogens is 2. The van der Waals surface area contributed by atoms with Gasteiger partial charge in [-0.05, 0) is 42.3 Å². The second-order valence-corrected chi connectivity index (χ2v) is 5.23. The van der Waals surface area contributed by atoms with Crippen molar-refractivity contribution in [2.75, 3.05) is 18.0 Å². The Hall–Kier alpha value is -0.840. The first kappa shape index (κ1) is 12.2. The fraction of sp³-hybridized carbons (Fsp3) is 0.538. The number of hydrogen-bond acceptors (Lipinski definition) is 3. The minimum absolute atomic E-state index is 0.180. The summed E-state index contributed by atoms with van der Waals surface area (Å²) >= 11 is 5.42. The molecule has 2 atom stereocenters. The highest BCUT2D eigenvalue weighted by molar-refractivity contribution is 6.13. The molecule has 0 aliphatic carbocycles. The number of ether oxygens (including phenoxy) is 1. The molecule has 0 amide bonds. The number of anilines is 1. The molecule has 5 heteroatoms. The molecule has 18 heavy (non-hydrogen) atoms. The third-order valence-corrected chi connectivity index (χ3v) is 3.80. The number of hydrogen-bond donors (Lipinski definition) is 1. The predicted molar refractivity (Wildman–Crippen MR) is 69.2 cm³/mol. The second kappa shape index (κ2) is 5.03. The smallest absolute Gasteiger partial charge is 0.146 e. The standard InChI is InChI=1S/C13H16ClFN2O/c14-16-6-9-1-4-13(12(15)5-9)17-7-10-2-3-11(8-17)18-10/h1,4-5,10-11,16H,2-3,6-8H2. The average molecular weight is 271 g/mol. The van der Waals surface area contributed by atoms with Gasteiger partial charge in [0.25, 0.3) is 0 Å². The molecule has 1 aromatic rings. The van der Waals surface area contributed by atoms with Gasteiger partial charge in [0, 0.05) is 19.6 Å². The highest BCUT2D eigenvalue weighted by Crippen LogP contribution is 2.31. The van der Waals surface area contributed by atoms with Crippen LogP contribution in [0.15, 0.2) is 18.2 Å². The molecule has 1 aromatic carbocycles. The average Bonchev–Trinajstić information content (AvgIpc) is 2.69. The fourth-order valence-corrected chi connectivity index (χ4v) is 2.96. The number of nitrogens with zero attached hydrogens (tertiary/aromatic N) is 1. The maximum atomic E-state index is 14.1. The Balaban J connectivity index is 1.79. The number of rotatable bonds is 3. The number of morpholine rings is 1. The topological polar surface area (TPSA) is 24.5 Å². The Morgan fingerprint density at radius 2 is 2.06 bits per heavy atom. The minimum Gasteiger partial charge on any atom is -0.371 e. The van der Waals surface area contributed by atoms with Crippen LogP contribution >= 0.6 is 11.8 Å². The van der Waals surface area contributed by atoms with E-state index in [-0.39, 0.29) is 18.0 Å². The van der Waals surface area contributed by atoms with Gasteiger partial charge in [0.1, 0.15) is 5.82 Å². The first-order chi connectivity index (χ1) is 8.76. The van der Waals surface area contributed by atoms with Crippen LogP contribution in [0, 0.1) is 5.82 Å². The lowest BCUT2D eigenvalue weighted by molar-refractivity contribution is 0.0303. The van der Waals surface area contributed by atoms with E-state index in [1.165, 1.54) is 0 Å². The van der Waals surface area contributed by atoms with E-state index in [0.717, 1.165) is 31.5 Å². The van der Waals surface area contributed by atoms with Crippen molar-refractivity contribution < 1.29 is 9.13 Å². The van der Waals surface area contributed by atoms with E-state index in [9.17, 15) is 4.39 Å². The van der Waals surface area contributed by atoms with Crippen LogP contribution in [0.5, 0.6) is 0 Å². The van der Waals surface area contributed by atoms with Crippen molar-refractivity contribution in [1.82, 2.24) is 4.84 Å². The van der Waals surface area contributed by atoms with Crippen molar-refractivity contribution in [2.45, 2.75) is 31.6 Å². The van der Waals surface area contributed by atoms with Gasteiger partial charge in [-0.3, -0.25) is 0 Å². The highest BCUT2D eigenvalue weighted by Gasteiger charge is 2.34. The largest absolute Gasteiger partial charge is 0.371 e. The minimum atomic E-state index is -0.180. The zero-order valence-electron chi connectivity index (χ0n) is 10.0. The maximum absolute atomic E-state index is 14.1. The molecule has 3 nitrogen and oxygen atoms in total. The van der Waals surface area contributed by atoms with E-state index in [4.69, 9.17) is 16.5 Å². The first-order valence-electron chi connectivity index (χ1n) is 6.28. The van der Waals surface area contributed by atoms with E-state index in [1.807, 2.05) is 12.1 Å². The normalized spacial score (nSPS) is 26.7. The summed E-state index contributed by atoms with van der Waals surface area (Å²) in [6.07, 6.45) is 2.73. The van der Waals surface area contributed by atoms with E-state index in [1.54, 1.807) is 6.07 Å². The van der Waals surface area contributed by atoms with Gasteiger partial charge in [-0.15, -0.1) is 0 Å². The van der Waals surface area contributed by atoms with Gasteiger partial charge in [0.15, 0.2) is 0 Å². The van der Waals surface area contributed by atoms with Crippen LogP contribution in [0.3, 0.4) is 0 Å².